The van der Waals surface area contributed by atoms with Crippen LogP contribution in [0.15, 0.2) is 16.8 Å². The fourth-order valence-electron chi connectivity index (χ4n) is 1.02. The van der Waals surface area contributed by atoms with E-state index >= 15 is 0 Å². The zero-order valence-electron chi connectivity index (χ0n) is 11.4. The molecule has 1 N–H and O–H groups in total. The Morgan fingerprint density at radius 3 is 2.55 bits per heavy atom. The largest absolute Gasteiger partial charge is 0.493 e. The molecule has 0 saturated carbocycles. The summed E-state index contributed by atoms with van der Waals surface area (Å²) in [7, 11) is 1.65. The molecule has 108 valence electrons. The van der Waals surface area contributed by atoms with Gasteiger partial charge in [-0.3, -0.25) is 0 Å². The second-order valence-corrected chi connectivity index (χ2v) is 3.02. The number of aryl methyl sites for hydroxylation is 1. The van der Waals surface area contributed by atoms with Crippen molar-refractivity contribution in [1.82, 2.24) is 29.7 Å². The number of hydrogen-bond acceptors (Lipinski definition) is 9. The summed E-state index contributed by atoms with van der Waals surface area (Å²) < 4.78 is 0. The Bertz CT molecular complexity index is 600. The Morgan fingerprint density at radius 2 is 2.05 bits per heavy atom. The third-order valence-electron chi connectivity index (χ3n) is 1.82. The molecular formula is C8H14N10O2. The fraction of sp³-hybridized carbons (Fsp3) is 0.500. The lowest BCUT2D eigenvalue weighted by molar-refractivity contribution is -0.394. The molecule has 2 heterocycles. The van der Waals surface area contributed by atoms with Gasteiger partial charge < -0.3 is 15.4 Å². The summed E-state index contributed by atoms with van der Waals surface area (Å²) in [6.07, 6.45) is 1.32. The van der Waals surface area contributed by atoms with Gasteiger partial charge in [0.25, 0.3) is 0 Å². The molecule has 0 amide bonds. The van der Waals surface area contributed by atoms with Gasteiger partial charge in [0.05, 0.1) is 5.10 Å². The molecule has 0 aromatic carbocycles. The molecule has 2 aromatic heterocycles. The third kappa shape index (κ3) is 3.54. The molecule has 2 aromatic rings. The zero-order chi connectivity index (χ0) is 15.1. The summed E-state index contributed by atoms with van der Waals surface area (Å²) in [5, 5.41) is 27.8. The van der Waals surface area contributed by atoms with Crippen LogP contribution >= 0.6 is 0 Å². The number of nitrogens with one attached hydrogen (secondary N) is 1. The summed E-state index contributed by atoms with van der Waals surface area (Å²) in [5.74, 6) is 0.0654. The monoisotopic (exact) mass is 282 g/mol. The van der Waals surface area contributed by atoms with Crippen molar-refractivity contribution in [2.75, 3.05) is 12.4 Å². The number of rotatable bonds is 4. The van der Waals surface area contributed by atoms with E-state index in [1.165, 1.54) is 13.3 Å². The molecule has 0 radical (unpaired) electrons. The second-order valence-electron chi connectivity index (χ2n) is 3.02. The molecule has 12 heteroatoms. The van der Waals surface area contributed by atoms with Gasteiger partial charge in [-0.05, 0) is 25.1 Å². The van der Waals surface area contributed by atoms with Crippen molar-refractivity contribution >= 4 is 11.9 Å². The van der Waals surface area contributed by atoms with Crippen molar-refractivity contribution in [3.8, 4) is 0 Å². The summed E-state index contributed by atoms with van der Waals surface area (Å²) in [6.45, 7) is 5.51. The van der Waals surface area contributed by atoms with Crippen LogP contribution in [0.1, 0.15) is 19.7 Å². The second kappa shape index (κ2) is 6.86. The lowest BCUT2D eigenvalue weighted by atomic mass is 10.7. The first-order chi connectivity index (χ1) is 9.60. The molecule has 0 atom stereocenters. The summed E-state index contributed by atoms with van der Waals surface area (Å²) >= 11 is 0. The van der Waals surface area contributed by atoms with Gasteiger partial charge in [-0.15, -0.1) is 9.89 Å². The molecule has 20 heavy (non-hydrogen) atoms. The highest BCUT2D eigenvalue weighted by molar-refractivity contribution is 5.18. The highest BCUT2D eigenvalue weighted by Crippen LogP contribution is 2.05. The average molecular weight is 282 g/mol. The van der Waals surface area contributed by atoms with Gasteiger partial charge in [0.1, 0.15) is 6.33 Å². The van der Waals surface area contributed by atoms with Crippen LogP contribution in [0.25, 0.3) is 0 Å². The van der Waals surface area contributed by atoms with Crippen LogP contribution in [0, 0.1) is 17.0 Å². The van der Waals surface area contributed by atoms with E-state index in [0.29, 0.717) is 5.95 Å². The van der Waals surface area contributed by atoms with Crippen LogP contribution in [-0.4, -0.2) is 41.7 Å². The van der Waals surface area contributed by atoms with Crippen LogP contribution in [0.2, 0.25) is 0 Å². The molecule has 0 aliphatic heterocycles. The van der Waals surface area contributed by atoms with Gasteiger partial charge in [-0.2, -0.15) is 4.98 Å². The van der Waals surface area contributed by atoms with Crippen molar-refractivity contribution in [1.29, 1.82) is 0 Å². The van der Waals surface area contributed by atoms with Crippen LogP contribution in [0.5, 0.6) is 0 Å². The van der Waals surface area contributed by atoms with E-state index in [-0.39, 0.29) is 5.82 Å². The molecule has 0 fully saturated rings. The average Bonchev–Trinajstić information content (AvgIpc) is 3.05. The lowest BCUT2D eigenvalue weighted by Crippen LogP contribution is -1.97. The van der Waals surface area contributed by atoms with E-state index in [0.717, 1.165) is 9.58 Å². The van der Waals surface area contributed by atoms with Gasteiger partial charge in [-0.25, -0.2) is 0 Å². The normalized spacial score (nSPS) is 10.2. The van der Waals surface area contributed by atoms with E-state index in [1.54, 1.807) is 7.05 Å². The van der Waals surface area contributed by atoms with Crippen molar-refractivity contribution in [3.05, 3.63) is 22.3 Å². The Hall–Kier alpha value is -2.92. The van der Waals surface area contributed by atoms with Gasteiger partial charge in [0.2, 0.25) is 11.8 Å². The maximum absolute atomic E-state index is 10.4. The SMILES string of the molecule is CC.CNc1ncn(/N=N/n2nc([N+](=O)[O-])nc2C)n1. The van der Waals surface area contributed by atoms with E-state index in [4.69, 9.17) is 0 Å². The van der Waals surface area contributed by atoms with E-state index in [9.17, 15) is 10.1 Å². The fourth-order valence-corrected chi connectivity index (χ4v) is 1.02. The van der Waals surface area contributed by atoms with Gasteiger partial charge in [-0.1, -0.05) is 13.8 Å². The van der Waals surface area contributed by atoms with Gasteiger partial charge >= 0.3 is 5.95 Å². The van der Waals surface area contributed by atoms with Crippen LogP contribution < -0.4 is 5.32 Å². The molecule has 2 rings (SSSR count). The van der Waals surface area contributed by atoms with Crippen molar-refractivity contribution in [2.24, 2.45) is 10.4 Å². The summed E-state index contributed by atoms with van der Waals surface area (Å²) in [4.78, 5) is 19.2. The zero-order valence-corrected chi connectivity index (χ0v) is 11.4. The van der Waals surface area contributed by atoms with Crippen LogP contribution in [0.4, 0.5) is 11.9 Å². The number of nitro groups is 1. The number of anilines is 1. The van der Waals surface area contributed by atoms with Crippen molar-refractivity contribution < 1.29 is 4.92 Å². The topological polar surface area (TPSA) is 141 Å². The third-order valence-corrected chi connectivity index (χ3v) is 1.82. The van der Waals surface area contributed by atoms with Crippen LogP contribution in [-0.2, 0) is 0 Å². The first-order valence-electron chi connectivity index (χ1n) is 5.70. The van der Waals surface area contributed by atoms with Crippen LogP contribution in [0.3, 0.4) is 0 Å². The van der Waals surface area contributed by atoms with Crippen molar-refractivity contribution in [2.45, 2.75) is 20.8 Å². The minimum Gasteiger partial charge on any atom is -0.390 e. The molecule has 0 bridgehead atoms. The quantitative estimate of drug-likeness (QED) is 0.497. The van der Waals surface area contributed by atoms with Crippen molar-refractivity contribution in [3.63, 3.8) is 0 Å². The summed E-state index contributed by atoms with van der Waals surface area (Å²) in [5.41, 5.74) is 0. The molecule has 0 unspecified atom stereocenters. The van der Waals surface area contributed by atoms with E-state index in [2.05, 4.69) is 35.9 Å². The first kappa shape index (κ1) is 15.1. The number of aromatic nitrogens is 6. The Kier molecular flexibility index (Phi) is 5.20. The maximum Gasteiger partial charge on any atom is 0.493 e. The standard InChI is InChI=1S/C6H8N10O2.C2H6/c1-4-9-6(16(17)18)11-15(4)13-12-14-3-8-5(7-2)10-14;1-2/h3H,1-2H3,(H,7,10);1-2H3/b13-12+;. The smallest absolute Gasteiger partial charge is 0.390 e. The minimum absolute atomic E-state index is 0.236. The highest BCUT2D eigenvalue weighted by Gasteiger charge is 2.17. The predicted molar refractivity (Wildman–Crippen MR) is 68.0 cm³/mol. The molecule has 0 spiro atoms. The Balaban J connectivity index is 0.000000956. The molecular weight excluding hydrogens is 268 g/mol. The molecule has 0 aliphatic rings. The predicted octanol–water partition coefficient (Wildman–Crippen LogP) is 0.833. The number of nitrogens with zero attached hydrogens (tertiary/aromatic N) is 9. The molecule has 0 saturated heterocycles. The highest BCUT2D eigenvalue weighted by atomic mass is 16.6. The molecule has 12 nitrogen and oxygen atoms in total. The Morgan fingerprint density at radius 1 is 1.35 bits per heavy atom. The van der Waals surface area contributed by atoms with Gasteiger partial charge in [0.15, 0.2) is 0 Å². The maximum atomic E-state index is 10.4. The lowest BCUT2D eigenvalue weighted by Gasteiger charge is -1.87. The van der Waals surface area contributed by atoms with E-state index in [1.807, 2.05) is 13.8 Å². The van der Waals surface area contributed by atoms with Gasteiger partial charge in [0, 0.05) is 14.0 Å². The van der Waals surface area contributed by atoms with E-state index < -0.39 is 10.9 Å². The number of hydrogen-bond donors (Lipinski definition) is 1. The first-order valence-corrected chi connectivity index (χ1v) is 5.70. The Labute approximate surface area is 113 Å². The molecule has 0 aliphatic carbocycles. The summed E-state index contributed by atoms with van der Waals surface area (Å²) in [6, 6.07) is 0. The minimum atomic E-state index is -0.715.